The Labute approximate surface area is 209 Å². The lowest BCUT2D eigenvalue weighted by Gasteiger charge is -2.36. The van der Waals surface area contributed by atoms with Gasteiger partial charge in [-0.25, -0.2) is 25.0 Å². The maximum absolute atomic E-state index is 13.6. The Hall–Kier alpha value is -3.35. The van der Waals surface area contributed by atoms with E-state index in [0.29, 0.717) is 18.7 Å². The average Bonchev–Trinajstić information content (AvgIpc) is 3.16. The van der Waals surface area contributed by atoms with Crippen molar-refractivity contribution < 1.29 is 38.3 Å². The molecule has 1 unspecified atom stereocenters. The van der Waals surface area contributed by atoms with E-state index >= 15 is 0 Å². The Morgan fingerprint density at radius 2 is 1.69 bits per heavy atom. The second-order valence-corrected chi connectivity index (χ2v) is 9.02. The molecule has 0 radical (unpaired) electrons. The number of benzene rings is 2. The van der Waals surface area contributed by atoms with Crippen LogP contribution in [0.4, 0.5) is 0 Å². The molecule has 1 aliphatic heterocycles. The molecular weight excluding hydrogens is 492 g/mol. The normalized spacial score (nSPS) is 17.5. The Morgan fingerprint density at radius 1 is 1.08 bits per heavy atom. The molecule has 1 atom stereocenters. The van der Waals surface area contributed by atoms with Crippen LogP contribution in [0.15, 0.2) is 59.5 Å². The van der Waals surface area contributed by atoms with Crippen LogP contribution in [0, 0.1) is 11.8 Å². The summed E-state index contributed by atoms with van der Waals surface area (Å²) in [5.41, 5.74) is -2.19. The van der Waals surface area contributed by atoms with Crippen LogP contribution in [0.3, 0.4) is 0 Å². The lowest BCUT2D eigenvalue weighted by Crippen LogP contribution is -2.65. The lowest BCUT2D eigenvalue weighted by molar-refractivity contribution is -0.145. The van der Waals surface area contributed by atoms with Gasteiger partial charge >= 0.3 is 5.97 Å². The fourth-order valence-electron chi connectivity index (χ4n) is 3.55. The topological polar surface area (TPSA) is 206 Å². The third-order valence-corrected chi connectivity index (χ3v) is 7.13. The molecule has 1 aliphatic rings. The molecule has 0 amide bonds. The average molecular weight is 523 g/mol. The Kier molecular flexibility index (Phi) is 12.7. The summed E-state index contributed by atoms with van der Waals surface area (Å²) in [5.74, 6) is 10.5. The van der Waals surface area contributed by atoms with Crippen molar-refractivity contribution in [1.29, 1.82) is 0 Å². The summed E-state index contributed by atoms with van der Waals surface area (Å²) < 4.78 is 33.4. The fourth-order valence-corrected chi connectivity index (χ4v) is 5.29. The molecule has 0 saturated carbocycles. The quantitative estimate of drug-likeness (QED) is 0.127. The molecule has 2 aromatic carbocycles. The summed E-state index contributed by atoms with van der Waals surface area (Å²) in [6.07, 6.45) is 0.354. The van der Waals surface area contributed by atoms with Gasteiger partial charge in [-0.15, -0.1) is 5.92 Å². The van der Waals surface area contributed by atoms with Crippen molar-refractivity contribution in [3.63, 3.8) is 0 Å². The van der Waals surface area contributed by atoms with Gasteiger partial charge in [0.15, 0.2) is 5.78 Å². The van der Waals surface area contributed by atoms with Crippen molar-refractivity contribution >= 4 is 21.8 Å². The number of carbonyl (C=O) groups is 2. The van der Waals surface area contributed by atoms with Crippen molar-refractivity contribution in [1.82, 2.24) is 9.62 Å². The van der Waals surface area contributed by atoms with E-state index < -0.39 is 27.3 Å². The summed E-state index contributed by atoms with van der Waals surface area (Å²) >= 11 is 0. The number of nitrogens with two attached hydrogens (primary N) is 2. The number of carboxylic acid groups (broad SMARTS) is 1. The molecule has 0 spiro atoms. The number of Topliss-reactive ketones (excluding diaryl/α,β-unsaturated/α-hetero) is 1. The zero-order valence-electron chi connectivity index (χ0n) is 19.6. The molecule has 8 N–H and O–H groups in total. The van der Waals surface area contributed by atoms with E-state index in [1.807, 2.05) is 0 Å². The van der Waals surface area contributed by atoms with Gasteiger partial charge in [0.1, 0.15) is 12.4 Å². The minimum Gasteiger partial charge on any atom is -0.481 e. The highest BCUT2D eigenvalue weighted by Gasteiger charge is 2.56. The zero-order chi connectivity index (χ0) is 27.2. The van der Waals surface area contributed by atoms with Gasteiger partial charge in [0.25, 0.3) is 0 Å². The monoisotopic (exact) mass is 522 g/mol. The third kappa shape index (κ3) is 6.86. The number of hydrogen-bond acceptors (Lipinski definition) is 10. The van der Waals surface area contributed by atoms with Crippen LogP contribution in [0.1, 0.15) is 23.7 Å². The summed E-state index contributed by atoms with van der Waals surface area (Å²) in [6, 6.07) is 13.5. The maximum atomic E-state index is 13.6. The van der Waals surface area contributed by atoms with Gasteiger partial charge < -0.3 is 25.6 Å². The predicted molar refractivity (Wildman–Crippen MR) is 130 cm³/mol. The van der Waals surface area contributed by atoms with Crippen molar-refractivity contribution in [3.05, 3.63) is 60.2 Å². The van der Waals surface area contributed by atoms with Crippen molar-refractivity contribution in [2.75, 3.05) is 26.2 Å². The largest absolute Gasteiger partial charge is 0.481 e. The SMILES string of the molecule is CC#CCOc1ccc(S(=O)(=O)N2CCCNCC2(C(=O)O)C(=O)c2ccccc2)cc1.NO.NO. The highest BCUT2D eigenvalue weighted by molar-refractivity contribution is 7.89. The van der Waals surface area contributed by atoms with Crippen molar-refractivity contribution in [2.24, 2.45) is 11.8 Å². The van der Waals surface area contributed by atoms with Gasteiger partial charge in [0, 0.05) is 18.7 Å². The highest BCUT2D eigenvalue weighted by atomic mass is 32.2. The van der Waals surface area contributed by atoms with Crippen LogP contribution >= 0.6 is 0 Å². The first-order valence-corrected chi connectivity index (χ1v) is 12.0. The Balaban J connectivity index is 0.00000154. The molecule has 36 heavy (non-hydrogen) atoms. The van der Waals surface area contributed by atoms with E-state index in [4.69, 9.17) is 15.2 Å². The summed E-state index contributed by atoms with van der Waals surface area (Å²) in [5, 5.41) is 26.1. The molecule has 1 heterocycles. The van der Waals surface area contributed by atoms with E-state index in [0.717, 1.165) is 4.31 Å². The molecule has 3 rings (SSSR count). The number of nitrogens with one attached hydrogen (secondary N) is 1. The molecule has 12 nitrogen and oxygen atoms in total. The lowest BCUT2D eigenvalue weighted by atomic mass is 9.89. The van der Waals surface area contributed by atoms with E-state index in [1.54, 1.807) is 25.1 Å². The second kappa shape index (κ2) is 14.9. The number of carbonyl (C=O) groups excluding carboxylic acids is 1. The Bertz CT molecular complexity index is 1150. The first-order valence-electron chi connectivity index (χ1n) is 10.5. The number of sulfonamides is 1. The number of nitrogens with zero attached hydrogens (tertiary/aromatic N) is 1. The molecule has 2 aromatic rings. The molecule has 1 saturated heterocycles. The van der Waals surface area contributed by atoms with Crippen LogP contribution in [0.5, 0.6) is 5.75 Å². The van der Waals surface area contributed by atoms with Gasteiger partial charge in [-0.3, -0.25) is 4.79 Å². The number of hydrogen-bond donors (Lipinski definition) is 6. The minimum atomic E-state index is -4.32. The van der Waals surface area contributed by atoms with Crippen LogP contribution in [0.2, 0.25) is 0 Å². The zero-order valence-corrected chi connectivity index (χ0v) is 20.4. The first-order chi connectivity index (χ1) is 17.3. The maximum Gasteiger partial charge on any atom is 0.334 e. The number of ketones is 1. The minimum absolute atomic E-state index is 0.120. The summed E-state index contributed by atoms with van der Waals surface area (Å²) in [4.78, 5) is 25.9. The molecule has 13 heteroatoms. The molecule has 196 valence electrons. The predicted octanol–water partition coefficient (Wildman–Crippen LogP) is 0.448. The number of carboxylic acids is 1. The summed E-state index contributed by atoms with van der Waals surface area (Å²) in [6.45, 7) is 1.76. The standard InChI is InChI=1S/C23H24N2O6S.2H3NO/c1-2-3-16-31-19-10-12-20(13-11-19)32(29,30)25-15-7-14-24-17-23(25,22(27)28)21(26)18-8-5-4-6-9-18;2*1-2/h4-6,8-13,24H,7,14-17H2,1H3,(H,27,28);2*2H,1H2. The number of aliphatic carboxylic acids is 1. The number of ether oxygens (including phenoxy) is 1. The van der Waals surface area contributed by atoms with Gasteiger partial charge in [-0.05, 0) is 44.2 Å². The third-order valence-electron chi connectivity index (χ3n) is 5.19. The smallest absolute Gasteiger partial charge is 0.334 e. The number of rotatable bonds is 7. The van der Waals surface area contributed by atoms with Gasteiger partial charge in [-0.2, -0.15) is 4.31 Å². The van der Waals surface area contributed by atoms with E-state index in [1.165, 1.54) is 36.4 Å². The van der Waals surface area contributed by atoms with Crippen LogP contribution in [0.25, 0.3) is 0 Å². The fraction of sp³-hybridized carbons (Fsp3) is 0.304. The van der Waals surface area contributed by atoms with E-state index in [-0.39, 0.29) is 30.2 Å². The molecular formula is C23H30N4O8S. The summed E-state index contributed by atoms with van der Waals surface area (Å²) in [7, 11) is -4.32. The Morgan fingerprint density at radius 3 is 2.25 bits per heavy atom. The van der Waals surface area contributed by atoms with Crippen LogP contribution in [-0.2, 0) is 14.8 Å². The van der Waals surface area contributed by atoms with Crippen molar-refractivity contribution in [2.45, 2.75) is 23.8 Å². The van der Waals surface area contributed by atoms with Gasteiger partial charge in [0.2, 0.25) is 15.6 Å². The molecule has 0 aliphatic carbocycles. The van der Waals surface area contributed by atoms with Crippen molar-refractivity contribution in [3.8, 4) is 17.6 Å². The molecule has 1 fully saturated rings. The molecule has 0 bridgehead atoms. The van der Waals surface area contributed by atoms with Crippen LogP contribution in [-0.4, -0.2) is 71.8 Å². The molecule has 0 aromatic heterocycles. The van der Waals surface area contributed by atoms with E-state index in [2.05, 4.69) is 29.0 Å². The first kappa shape index (κ1) is 30.7. The van der Waals surface area contributed by atoms with E-state index in [9.17, 15) is 23.1 Å². The highest BCUT2D eigenvalue weighted by Crippen LogP contribution is 2.31. The van der Waals surface area contributed by atoms with Gasteiger partial charge in [0.05, 0.1) is 4.90 Å². The second-order valence-electron chi connectivity index (χ2n) is 7.15. The van der Waals surface area contributed by atoms with Crippen LogP contribution < -0.4 is 21.8 Å². The van der Waals surface area contributed by atoms with Gasteiger partial charge in [-0.1, -0.05) is 36.3 Å².